The minimum Gasteiger partial charge on any atom is -0.495 e. The molecule has 0 unspecified atom stereocenters. The number of methoxy groups -OCH3 is 1. The van der Waals surface area contributed by atoms with Crippen LogP contribution in [-0.2, 0) is 11.2 Å². The molecule has 0 aliphatic carbocycles. The molecule has 2 aromatic carbocycles. The zero-order valence-corrected chi connectivity index (χ0v) is 19.8. The zero-order chi connectivity index (χ0) is 24.2. The maximum atomic E-state index is 11.9. The molecule has 8 nitrogen and oxygen atoms in total. The third-order valence-corrected chi connectivity index (χ3v) is 6.25. The molecule has 0 spiro atoms. The average Bonchev–Trinajstić information content (AvgIpc) is 3.37. The first-order valence-corrected chi connectivity index (χ1v) is 11.8. The Kier molecular flexibility index (Phi) is 6.43. The maximum absolute atomic E-state index is 11.9. The first-order valence-electron chi connectivity index (χ1n) is 11.8. The SMILES string of the molecule is C=CC(=O)Cc1cccc(-c2nc(Nc3ccc(OC)c(N4CCCCC4)c3)nc3[nH]ncc23)c1. The molecule has 0 atom stereocenters. The minimum atomic E-state index is -0.0235. The topological polar surface area (TPSA) is 96.0 Å². The summed E-state index contributed by atoms with van der Waals surface area (Å²) in [5, 5.41) is 11.3. The van der Waals surface area contributed by atoms with Crippen molar-refractivity contribution in [1.82, 2.24) is 20.2 Å². The molecule has 0 radical (unpaired) electrons. The van der Waals surface area contributed by atoms with Gasteiger partial charge in [0.05, 0.1) is 30.1 Å². The summed E-state index contributed by atoms with van der Waals surface area (Å²) >= 11 is 0. The highest BCUT2D eigenvalue weighted by molar-refractivity contribution is 5.93. The third kappa shape index (κ3) is 4.87. The molecule has 8 heteroatoms. The molecule has 0 saturated carbocycles. The highest BCUT2D eigenvalue weighted by Crippen LogP contribution is 2.34. The van der Waals surface area contributed by atoms with Gasteiger partial charge in [-0.15, -0.1) is 0 Å². The molecule has 3 heterocycles. The second-order valence-corrected chi connectivity index (χ2v) is 8.64. The number of carbonyl (C=O) groups excluding carboxylic acids is 1. The number of hydrogen-bond acceptors (Lipinski definition) is 7. The lowest BCUT2D eigenvalue weighted by molar-refractivity contribution is -0.114. The van der Waals surface area contributed by atoms with Crippen LogP contribution in [0.25, 0.3) is 22.3 Å². The Morgan fingerprint density at radius 1 is 1.17 bits per heavy atom. The number of fused-ring (bicyclic) bond motifs is 1. The van der Waals surface area contributed by atoms with Gasteiger partial charge in [0.15, 0.2) is 11.4 Å². The molecule has 35 heavy (non-hydrogen) atoms. The molecular formula is C27H28N6O2. The molecule has 1 fully saturated rings. The number of nitrogens with zero attached hydrogens (tertiary/aromatic N) is 4. The summed E-state index contributed by atoms with van der Waals surface area (Å²) in [6.45, 7) is 5.61. The molecular weight excluding hydrogens is 440 g/mol. The number of hydrogen-bond donors (Lipinski definition) is 2. The van der Waals surface area contributed by atoms with Gasteiger partial charge in [-0.05, 0) is 55.2 Å². The Balaban J connectivity index is 1.50. The monoisotopic (exact) mass is 468 g/mol. The Morgan fingerprint density at radius 3 is 2.83 bits per heavy atom. The lowest BCUT2D eigenvalue weighted by Gasteiger charge is -2.30. The zero-order valence-electron chi connectivity index (χ0n) is 19.8. The van der Waals surface area contributed by atoms with Crippen molar-refractivity contribution in [2.24, 2.45) is 0 Å². The number of aromatic amines is 1. The van der Waals surface area contributed by atoms with Crippen molar-refractivity contribution in [2.75, 3.05) is 30.4 Å². The number of aromatic nitrogens is 4. The fraction of sp³-hybridized carbons (Fsp3) is 0.259. The van der Waals surface area contributed by atoms with E-state index in [0.717, 1.165) is 52.4 Å². The van der Waals surface area contributed by atoms with Crippen LogP contribution in [0.2, 0.25) is 0 Å². The lowest BCUT2D eigenvalue weighted by atomic mass is 10.0. The highest BCUT2D eigenvalue weighted by atomic mass is 16.5. The normalized spacial score (nSPS) is 13.6. The van der Waals surface area contributed by atoms with Crippen molar-refractivity contribution < 1.29 is 9.53 Å². The van der Waals surface area contributed by atoms with Crippen molar-refractivity contribution in [2.45, 2.75) is 25.7 Å². The van der Waals surface area contributed by atoms with E-state index in [2.05, 4.69) is 38.0 Å². The summed E-state index contributed by atoms with van der Waals surface area (Å²) in [6.07, 6.45) is 6.99. The van der Waals surface area contributed by atoms with Gasteiger partial charge in [-0.3, -0.25) is 9.89 Å². The summed E-state index contributed by atoms with van der Waals surface area (Å²) in [6, 6.07) is 13.8. The van der Waals surface area contributed by atoms with Crippen LogP contribution in [0, 0.1) is 0 Å². The van der Waals surface area contributed by atoms with Gasteiger partial charge in [-0.2, -0.15) is 10.1 Å². The fourth-order valence-electron chi connectivity index (χ4n) is 4.49. The summed E-state index contributed by atoms with van der Waals surface area (Å²) < 4.78 is 5.63. The number of allylic oxidation sites excluding steroid dienone is 1. The number of carbonyl (C=O) groups is 1. The Hall–Kier alpha value is -4.20. The first-order chi connectivity index (χ1) is 17.1. The molecule has 1 aliphatic rings. The van der Waals surface area contributed by atoms with E-state index in [4.69, 9.17) is 9.72 Å². The first kappa shape index (κ1) is 22.6. The Labute approximate surface area is 204 Å². The van der Waals surface area contributed by atoms with Gasteiger partial charge in [0.2, 0.25) is 5.95 Å². The van der Waals surface area contributed by atoms with E-state index in [1.807, 2.05) is 36.4 Å². The Bertz CT molecular complexity index is 1370. The van der Waals surface area contributed by atoms with E-state index < -0.39 is 0 Å². The fourth-order valence-corrected chi connectivity index (χ4v) is 4.49. The van der Waals surface area contributed by atoms with E-state index in [1.165, 1.54) is 25.3 Å². The van der Waals surface area contributed by atoms with Crippen molar-refractivity contribution >= 4 is 34.1 Å². The van der Waals surface area contributed by atoms with Gasteiger partial charge in [0.25, 0.3) is 0 Å². The summed E-state index contributed by atoms with van der Waals surface area (Å²) in [5.74, 6) is 1.29. The molecule has 2 N–H and O–H groups in total. The van der Waals surface area contributed by atoms with Crippen LogP contribution in [0.1, 0.15) is 24.8 Å². The molecule has 0 amide bonds. The van der Waals surface area contributed by atoms with Crippen LogP contribution in [0.5, 0.6) is 5.75 Å². The molecule has 0 bridgehead atoms. The van der Waals surface area contributed by atoms with Gasteiger partial charge in [0.1, 0.15) is 5.75 Å². The van der Waals surface area contributed by atoms with Gasteiger partial charge in [-0.1, -0.05) is 24.8 Å². The predicted octanol–water partition coefficient (Wildman–Crippen LogP) is 5.06. The largest absolute Gasteiger partial charge is 0.495 e. The van der Waals surface area contributed by atoms with Crippen LogP contribution in [0.4, 0.5) is 17.3 Å². The van der Waals surface area contributed by atoms with Crippen LogP contribution in [0.15, 0.2) is 61.3 Å². The minimum absolute atomic E-state index is 0.0235. The van der Waals surface area contributed by atoms with Crippen molar-refractivity contribution in [3.8, 4) is 17.0 Å². The number of ether oxygens (including phenoxy) is 1. The molecule has 178 valence electrons. The predicted molar refractivity (Wildman–Crippen MR) is 138 cm³/mol. The molecule has 5 rings (SSSR count). The van der Waals surface area contributed by atoms with Crippen LogP contribution >= 0.6 is 0 Å². The molecule has 2 aromatic heterocycles. The number of nitrogens with one attached hydrogen (secondary N) is 2. The van der Waals surface area contributed by atoms with Crippen molar-refractivity contribution in [3.05, 3.63) is 66.9 Å². The molecule has 4 aromatic rings. The van der Waals surface area contributed by atoms with Crippen molar-refractivity contribution in [3.63, 3.8) is 0 Å². The van der Waals surface area contributed by atoms with Crippen LogP contribution in [-0.4, -0.2) is 46.1 Å². The van der Waals surface area contributed by atoms with E-state index in [0.29, 0.717) is 18.0 Å². The highest BCUT2D eigenvalue weighted by Gasteiger charge is 2.17. The van der Waals surface area contributed by atoms with Gasteiger partial charge >= 0.3 is 0 Å². The quantitative estimate of drug-likeness (QED) is 0.349. The number of rotatable bonds is 8. The van der Waals surface area contributed by atoms with Gasteiger partial charge in [-0.25, -0.2) is 4.98 Å². The number of benzene rings is 2. The smallest absolute Gasteiger partial charge is 0.229 e. The summed E-state index contributed by atoms with van der Waals surface area (Å²) in [7, 11) is 1.70. The van der Waals surface area contributed by atoms with E-state index >= 15 is 0 Å². The second kappa shape index (κ2) is 9.97. The maximum Gasteiger partial charge on any atom is 0.229 e. The molecule has 1 saturated heterocycles. The number of ketones is 1. The lowest BCUT2D eigenvalue weighted by Crippen LogP contribution is -2.29. The van der Waals surface area contributed by atoms with E-state index in [9.17, 15) is 4.79 Å². The summed E-state index contributed by atoms with van der Waals surface area (Å²) in [4.78, 5) is 23.7. The second-order valence-electron chi connectivity index (χ2n) is 8.64. The van der Waals surface area contributed by atoms with Crippen LogP contribution < -0.4 is 15.0 Å². The average molecular weight is 469 g/mol. The van der Waals surface area contributed by atoms with Gasteiger partial charge in [0, 0.05) is 30.8 Å². The number of anilines is 3. The third-order valence-electron chi connectivity index (χ3n) is 6.25. The van der Waals surface area contributed by atoms with Gasteiger partial charge < -0.3 is 15.0 Å². The standard InChI is InChI=1S/C27H28N6O2/c1-3-21(34)15-18-8-7-9-19(14-18)25-22-17-28-32-26(22)31-27(30-25)29-20-10-11-24(35-2)23(16-20)33-12-5-4-6-13-33/h3,7-11,14,16-17H,1,4-6,12-13,15H2,2H3,(H2,28,29,30,31,32). The van der Waals surface area contributed by atoms with E-state index in [-0.39, 0.29) is 5.78 Å². The van der Waals surface area contributed by atoms with E-state index in [1.54, 1.807) is 13.3 Å². The summed E-state index contributed by atoms with van der Waals surface area (Å²) in [5.41, 5.74) is 5.11. The number of H-pyrrole nitrogens is 1. The number of piperidine rings is 1. The molecule has 1 aliphatic heterocycles. The van der Waals surface area contributed by atoms with Crippen molar-refractivity contribution in [1.29, 1.82) is 0 Å². The Morgan fingerprint density at radius 2 is 2.03 bits per heavy atom. The van der Waals surface area contributed by atoms with Crippen LogP contribution in [0.3, 0.4) is 0 Å².